The van der Waals surface area contributed by atoms with Gasteiger partial charge in [0.05, 0.1) is 11.5 Å². The van der Waals surface area contributed by atoms with Gasteiger partial charge in [0.15, 0.2) is 0 Å². The second kappa shape index (κ2) is 7.49. The Labute approximate surface area is 144 Å². The fraction of sp³-hybridized carbons (Fsp3) is 0.400. The molecule has 1 unspecified atom stereocenters. The molecule has 128 valence electrons. The molecule has 0 saturated heterocycles. The van der Waals surface area contributed by atoms with Crippen LogP contribution in [0.2, 0.25) is 0 Å². The average Bonchev–Trinajstić information content (AvgIpc) is 3.11. The minimum absolute atomic E-state index is 0.133. The lowest BCUT2D eigenvalue weighted by Crippen LogP contribution is -2.19. The Bertz CT molecular complexity index is 745. The average molecular weight is 344 g/mol. The summed E-state index contributed by atoms with van der Waals surface area (Å²) in [6.07, 6.45) is 4.73. The van der Waals surface area contributed by atoms with Crippen LogP contribution < -0.4 is 0 Å². The largest absolute Gasteiger partial charge is 0.296 e. The van der Waals surface area contributed by atoms with Gasteiger partial charge in [-0.2, -0.15) is 8.42 Å². The summed E-state index contributed by atoms with van der Waals surface area (Å²) in [5, 5.41) is 0. The Balaban J connectivity index is 1.76. The van der Waals surface area contributed by atoms with E-state index in [1.54, 1.807) is 24.3 Å². The van der Waals surface area contributed by atoms with Gasteiger partial charge in [0.25, 0.3) is 10.1 Å². The quantitative estimate of drug-likeness (QED) is 0.715. The highest BCUT2D eigenvalue weighted by atomic mass is 32.2. The summed E-state index contributed by atoms with van der Waals surface area (Å²) >= 11 is 0. The lowest BCUT2D eigenvalue weighted by molar-refractivity contribution is 0.250. The predicted octanol–water partition coefficient (Wildman–Crippen LogP) is 4.67. The van der Waals surface area contributed by atoms with Gasteiger partial charge in [-0.1, -0.05) is 60.9 Å². The zero-order valence-electron chi connectivity index (χ0n) is 14.0. The van der Waals surface area contributed by atoms with Crippen molar-refractivity contribution in [2.45, 2.75) is 43.4 Å². The first kappa shape index (κ1) is 17.2. The second-order valence-electron chi connectivity index (χ2n) is 6.61. The summed E-state index contributed by atoms with van der Waals surface area (Å²) in [5.41, 5.74) is 2.20. The van der Waals surface area contributed by atoms with Gasteiger partial charge < -0.3 is 0 Å². The topological polar surface area (TPSA) is 43.4 Å². The lowest BCUT2D eigenvalue weighted by atomic mass is 9.85. The molecular weight excluding hydrogens is 320 g/mol. The van der Waals surface area contributed by atoms with Crippen molar-refractivity contribution in [2.24, 2.45) is 5.92 Å². The molecule has 1 aliphatic carbocycles. The van der Waals surface area contributed by atoms with Gasteiger partial charge in [0.1, 0.15) is 0 Å². The monoisotopic (exact) mass is 344 g/mol. The zero-order chi connectivity index (χ0) is 17.0. The maximum Gasteiger partial charge on any atom is 0.296 e. The van der Waals surface area contributed by atoms with E-state index in [1.807, 2.05) is 25.1 Å². The first-order chi connectivity index (χ1) is 11.6. The van der Waals surface area contributed by atoms with E-state index in [0.29, 0.717) is 5.92 Å². The van der Waals surface area contributed by atoms with Crippen molar-refractivity contribution in [3.05, 3.63) is 65.7 Å². The van der Waals surface area contributed by atoms with E-state index in [9.17, 15) is 8.42 Å². The SMILES string of the molecule is Cc1ccc(S(=O)(=O)OCC(c2ccccc2)C2CCCC2)cc1. The highest BCUT2D eigenvalue weighted by molar-refractivity contribution is 7.86. The fourth-order valence-corrected chi connectivity index (χ4v) is 4.43. The van der Waals surface area contributed by atoms with Crippen LogP contribution in [0.3, 0.4) is 0 Å². The van der Waals surface area contributed by atoms with Crippen molar-refractivity contribution in [3.63, 3.8) is 0 Å². The Morgan fingerprint density at radius 3 is 2.25 bits per heavy atom. The molecular formula is C20H24O3S. The third kappa shape index (κ3) is 4.05. The van der Waals surface area contributed by atoms with Crippen LogP contribution in [0.1, 0.15) is 42.7 Å². The molecule has 3 nitrogen and oxygen atoms in total. The molecule has 1 aliphatic rings. The number of aryl methyl sites for hydroxylation is 1. The number of benzene rings is 2. The molecule has 0 bridgehead atoms. The van der Waals surface area contributed by atoms with Crippen molar-refractivity contribution in [1.29, 1.82) is 0 Å². The molecule has 1 fully saturated rings. The molecule has 0 amide bonds. The molecule has 4 heteroatoms. The summed E-state index contributed by atoms with van der Waals surface area (Å²) in [6, 6.07) is 17.0. The Hall–Kier alpha value is -1.65. The van der Waals surface area contributed by atoms with Crippen LogP contribution in [-0.2, 0) is 14.3 Å². The highest BCUT2D eigenvalue weighted by Gasteiger charge is 2.28. The van der Waals surface area contributed by atoms with Crippen molar-refractivity contribution < 1.29 is 12.6 Å². The van der Waals surface area contributed by atoms with Gasteiger partial charge in [-0.25, -0.2) is 0 Å². The van der Waals surface area contributed by atoms with E-state index in [1.165, 1.54) is 18.4 Å². The van der Waals surface area contributed by atoms with Crippen LogP contribution in [0, 0.1) is 12.8 Å². The van der Waals surface area contributed by atoms with Gasteiger partial charge in [-0.3, -0.25) is 4.18 Å². The molecule has 0 spiro atoms. The summed E-state index contributed by atoms with van der Waals surface area (Å²) < 4.78 is 30.4. The van der Waals surface area contributed by atoms with Crippen LogP contribution >= 0.6 is 0 Å². The molecule has 0 aromatic heterocycles. The summed E-state index contributed by atoms with van der Waals surface area (Å²) in [6.45, 7) is 2.15. The maximum absolute atomic E-state index is 12.5. The smallest absolute Gasteiger partial charge is 0.266 e. The first-order valence-electron chi connectivity index (χ1n) is 8.57. The molecule has 2 aromatic rings. The molecule has 0 radical (unpaired) electrons. The van der Waals surface area contributed by atoms with E-state index >= 15 is 0 Å². The van der Waals surface area contributed by atoms with Crippen LogP contribution in [0.15, 0.2) is 59.5 Å². The van der Waals surface area contributed by atoms with Crippen molar-refractivity contribution >= 4 is 10.1 Å². The molecule has 0 aliphatic heterocycles. The number of hydrogen-bond donors (Lipinski definition) is 0. The summed E-state index contributed by atoms with van der Waals surface area (Å²) in [7, 11) is -3.71. The molecule has 1 atom stereocenters. The van der Waals surface area contributed by atoms with E-state index in [2.05, 4.69) is 12.1 Å². The predicted molar refractivity (Wildman–Crippen MR) is 95.5 cm³/mol. The molecule has 3 rings (SSSR count). The minimum atomic E-state index is -3.71. The third-order valence-electron chi connectivity index (χ3n) is 4.91. The Morgan fingerprint density at radius 2 is 1.62 bits per heavy atom. The molecule has 1 saturated carbocycles. The number of rotatable bonds is 6. The third-order valence-corrected chi connectivity index (χ3v) is 6.20. The van der Waals surface area contributed by atoms with Crippen molar-refractivity contribution in [3.8, 4) is 0 Å². The summed E-state index contributed by atoms with van der Waals surface area (Å²) in [5.74, 6) is 0.634. The maximum atomic E-state index is 12.5. The molecule has 2 aromatic carbocycles. The van der Waals surface area contributed by atoms with E-state index in [-0.39, 0.29) is 17.4 Å². The van der Waals surface area contributed by atoms with Crippen LogP contribution in [0.5, 0.6) is 0 Å². The Kier molecular flexibility index (Phi) is 5.36. The molecule has 24 heavy (non-hydrogen) atoms. The van der Waals surface area contributed by atoms with Crippen molar-refractivity contribution in [1.82, 2.24) is 0 Å². The Morgan fingerprint density at radius 1 is 1.00 bits per heavy atom. The standard InChI is InChI=1S/C20H24O3S/c1-16-11-13-19(14-12-16)24(21,22)23-15-20(18-9-5-6-10-18)17-7-3-2-4-8-17/h2-4,7-8,11-14,18,20H,5-6,9-10,15H2,1H3. The summed E-state index contributed by atoms with van der Waals surface area (Å²) in [4.78, 5) is 0.228. The lowest BCUT2D eigenvalue weighted by Gasteiger charge is -2.23. The van der Waals surface area contributed by atoms with Crippen molar-refractivity contribution in [2.75, 3.05) is 6.61 Å². The van der Waals surface area contributed by atoms with Gasteiger partial charge in [0.2, 0.25) is 0 Å². The van der Waals surface area contributed by atoms with Gasteiger partial charge in [0, 0.05) is 5.92 Å². The molecule has 0 N–H and O–H groups in total. The fourth-order valence-electron chi connectivity index (χ4n) is 3.50. The minimum Gasteiger partial charge on any atom is -0.266 e. The van der Waals surface area contributed by atoms with Gasteiger partial charge in [-0.05, 0) is 43.4 Å². The highest BCUT2D eigenvalue weighted by Crippen LogP contribution is 2.38. The van der Waals surface area contributed by atoms with Gasteiger partial charge >= 0.3 is 0 Å². The second-order valence-corrected chi connectivity index (χ2v) is 8.23. The van der Waals surface area contributed by atoms with E-state index < -0.39 is 10.1 Å². The normalized spacial score (nSPS) is 17.0. The van der Waals surface area contributed by atoms with Crippen LogP contribution in [0.25, 0.3) is 0 Å². The van der Waals surface area contributed by atoms with Crippen LogP contribution in [0.4, 0.5) is 0 Å². The molecule has 0 heterocycles. The van der Waals surface area contributed by atoms with E-state index in [0.717, 1.165) is 18.4 Å². The van der Waals surface area contributed by atoms with Gasteiger partial charge in [-0.15, -0.1) is 0 Å². The number of hydrogen-bond acceptors (Lipinski definition) is 3. The zero-order valence-corrected chi connectivity index (χ0v) is 14.8. The van der Waals surface area contributed by atoms with E-state index in [4.69, 9.17) is 4.18 Å². The van der Waals surface area contributed by atoms with Crippen LogP contribution in [-0.4, -0.2) is 15.0 Å². The first-order valence-corrected chi connectivity index (χ1v) is 9.98.